The van der Waals surface area contributed by atoms with Gasteiger partial charge >= 0.3 is 0 Å². The Labute approximate surface area is 162 Å². The van der Waals surface area contributed by atoms with E-state index >= 15 is 0 Å². The van der Waals surface area contributed by atoms with Crippen LogP contribution in [0.5, 0.6) is 0 Å². The molecule has 4 N–H and O–H groups in total. The van der Waals surface area contributed by atoms with Gasteiger partial charge in [0.25, 0.3) is 0 Å². The van der Waals surface area contributed by atoms with Crippen LogP contribution in [0.3, 0.4) is 0 Å². The zero-order chi connectivity index (χ0) is 19.1. The van der Waals surface area contributed by atoms with Crippen molar-refractivity contribution >= 4 is 28.4 Å². The van der Waals surface area contributed by atoms with Crippen LogP contribution < -0.4 is 16.4 Å². The van der Waals surface area contributed by atoms with Crippen molar-refractivity contribution in [1.82, 2.24) is 0 Å². The fraction of sp³-hybridized carbons (Fsp3) is 0.250. The van der Waals surface area contributed by atoms with Crippen molar-refractivity contribution < 1.29 is 0 Å². The average Bonchev–Trinajstić information content (AvgIpc) is 2.69. The van der Waals surface area contributed by atoms with Crippen LogP contribution in [0.1, 0.15) is 38.2 Å². The number of nitrogen functional groups attached to an aromatic ring is 2. The number of benzene rings is 3. The van der Waals surface area contributed by atoms with E-state index in [0.29, 0.717) is 0 Å². The second-order valence-electron chi connectivity index (χ2n) is 7.00. The van der Waals surface area contributed by atoms with Crippen molar-refractivity contribution in [2.75, 3.05) is 16.4 Å². The molecule has 0 heterocycles. The van der Waals surface area contributed by atoms with Gasteiger partial charge in [0.05, 0.1) is 0 Å². The Bertz CT molecular complexity index is 776. The lowest BCUT2D eigenvalue weighted by Crippen LogP contribution is -2.10. The number of nitrogens with zero attached hydrogens (tertiary/aromatic N) is 1. The molecule has 0 radical (unpaired) electrons. The lowest BCUT2D eigenvalue weighted by molar-refractivity contribution is 0.667. The Kier molecular flexibility index (Phi) is 6.37. The van der Waals surface area contributed by atoms with Gasteiger partial charge in [-0.1, -0.05) is 38.3 Å². The Morgan fingerprint density at radius 2 is 1.04 bits per heavy atom. The van der Waals surface area contributed by atoms with Crippen LogP contribution in [0.2, 0.25) is 0 Å². The second kappa shape index (κ2) is 9.13. The van der Waals surface area contributed by atoms with Crippen LogP contribution in [0, 0.1) is 0 Å². The van der Waals surface area contributed by atoms with E-state index in [2.05, 4.69) is 36.1 Å². The summed E-state index contributed by atoms with van der Waals surface area (Å²) in [6, 6.07) is 24.8. The van der Waals surface area contributed by atoms with Crippen molar-refractivity contribution in [3.63, 3.8) is 0 Å². The highest BCUT2D eigenvalue weighted by atomic mass is 15.1. The number of hydrogen-bond acceptors (Lipinski definition) is 3. The molecule has 0 saturated heterocycles. The van der Waals surface area contributed by atoms with E-state index in [1.54, 1.807) is 0 Å². The van der Waals surface area contributed by atoms with E-state index in [-0.39, 0.29) is 0 Å². The SMILES string of the molecule is CCCCCCc1ccc(N(c2ccc(N)cc2)c2ccc(N)cc2)cc1. The molecule has 0 atom stereocenters. The molecule has 0 bridgehead atoms. The van der Waals surface area contributed by atoms with Gasteiger partial charge in [-0.25, -0.2) is 0 Å². The minimum absolute atomic E-state index is 0.762. The number of hydrogen-bond donors (Lipinski definition) is 2. The average molecular weight is 360 g/mol. The molecule has 3 nitrogen and oxygen atoms in total. The first-order valence-electron chi connectivity index (χ1n) is 9.77. The van der Waals surface area contributed by atoms with E-state index in [4.69, 9.17) is 11.5 Å². The number of unbranched alkanes of at least 4 members (excludes halogenated alkanes) is 3. The monoisotopic (exact) mass is 359 g/mol. The molecule has 140 valence electrons. The number of nitrogens with two attached hydrogens (primary N) is 2. The first-order chi connectivity index (χ1) is 13.2. The van der Waals surface area contributed by atoms with E-state index in [9.17, 15) is 0 Å². The predicted molar refractivity (Wildman–Crippen MR) is 118 cm³/mol. The Hall–Kier alpha value is -2.94. The molecular weight excluding hydrogens is 330 g/mol. The first-order valence-corrected chi connectivity index (χ1v) is 9.77. The van der Waals surface area contributed by atoms with Crippen LogP contribution in [-0.4, -0.2) is 0 Å². The first kappa shape index (κ1) is 18.8. The fourth-order valence-corrected chi connectivity index (χ4v) is 3.26. The normalized spacial score (nSPS) is 10.7. The van der Waals surface area contributed by atoms with Gasteiger partial charge < -0.3 is 16.4 Å². The molecule has 0 aliphatic carbocycles. The van der Waals surface area contributed by atoms with Crippen molar-refractivity contribution in [3.05, 3.63) is 78.4 Å². The Morgan fingerprint density at radius 3 is 1.48 bits per heavy atom. The molecule has 0 aromatic heterocycles. The Balaban J connectivity index is 1.86. The third-order valence-electron chi connectivity index (χ3n) is 4.82. The van der Waals surface area contributed by atoms with Crippen LogP contribution in [-0.2, 0) is 6.42 Å². The van der Waals surface area contributed by atoms with Gasteiger partial charge in [0.1, 0.15) is 0 Å². The van der Waals surface area contributed by atoms with Crippen molar-refractivity contribution in [2.24, 2.45) is 0 Å². The summed E-state index contributed by atoms with van der Waals surface area (Å²) in [6.45, 7) is 2.25. The minimum Gasteiger partial charge on any atom is -0.399 e. The van der Waals surface area contributed by atoms with Crippen LogP contribution in [0.25, 0.3) is 0 Å². The standard InChI is InChI=1S/C24H29N3/c1-2-3-4-5-6-19-7-13-22(14-8-19)27(23-15-9-20(25)10-16-23)24-17-11-21(26)12-18-24/h7-18H,2-6,25-26H2,1H3. The maximum atomic E-state index is 5.88. The van der Waals surface area contributed by atoms with Gasteiger partial charge in [0.15, 0.2) is 0 Å². The molecule has 3 aromatic rings. The molecule has 3 aromatic carbocycles. The summed E-state index contributed by atoms with van der Waals surface area (Å²) in [7, 11) is 0. The summed E-state index contributed by atoms with van der Waals surface area (Å²) in [5.74, 6) is 0. The maximum Gasteiger partial charge on any atom is 0.0463 e. The van der Waals surface area contributed by atoms with E-state index < -0.39 is 0 Å². The van der Waals surface area contributed by atoms with Gasteiger partial charge in [-0.15, -0.1) is 0 Å². The quantitative estimate of drug-likeness (QED) is 0.359. The zero-order valence-corrected chi connectivity index (χ0v) is 16.1. The Morgan fingerprint density at radius 1 is 0.593 bits per heavy atom. The number of aryl methyl sites for hydroxylation is 1. The van der Waals surface area contributed by atoms with E-state index in [0.717, 1.165) is 34.9 Å². The highest BCUT2D eigenvalue weighted by Crippen LogP contribution is 2.35. The third-order valence-corrected chi connectivity index (χ3v) is 4.82. The molecule has 27 heavy (non-hydrogen) atoms. The highest BCUT2D eigenvalue weighted by Gasteiger charge is 2.12. The van der Waals surface area contributed by atoms with Crippen LogP contribution in [0.4, 0.5) is 28.4 Å². The van der Waals surface area contributed by atoms with Crippen molar-refractivity contribution in [2.45, 2.75) is 39.0 Å². The molecule has 3 heteroatoms. The van der Waals surface area contributed by atoms with Gasteiger partial charge in [-0.3, -0.25) is 0 Å². The highest BCUT2D eigenvalue weighted by molar-refractivity contribution is 5.77. The van der Waals surface area contributed by atoms with Gasteiger partial charge in [0, 0.05) is 28.4 Å². The third kappa shape index (κ3) is 5.04. The fourth-order valence-electron chi connectivity index (χ4n) is 3.26. The molecular formula is C24H29N3. The van der Waals surface area contributed by atoms with Crippen LogP contribution in [0.15, 0.2) is 72.8 Å². The molecule has 0 saturated carbocycles. The second-order valence-corrected chi connectivity index (χ2v) is 7.00. The van der Waals surface area contributed by atoms with Crippen molar-refractivity contribution in [1.29, 1.82) is 0 Å². The molecule has 0 unspecified atom stereocenters. The molecule has 0 spiro atoms. The lowest BCUT2D eigenvalue weighted by Gasteiger charge is -2.26. The van der Waals surface area contributed by atoms with Crippen molar-refractivity contribution in [3.8, 4) is 0 Å². The summed E-state index contributed by atoms with van der Waals surface area (Å²) in [5.41, 5.74) is 17.9. The summed E-state index contributed by atoms with van der Waals surface area (Å²) in [5, 5.41) is 0. The van der Waals surface area contributed by atoms with Gasteiger partial charge in [-0.2, -0.15) is 0 Å². The van der Waals surface area contributed by atoms with Crippen LogP contribution >= 0.6 is 0 Å². The summed E-state index contributed by atoms with van der Waals surface area (Å²) >= 11 is 0. The summed E-state index contributed by atoms with van der Waals surface area (Å²) < 4.78 is 0. The predicted octanol–water partition coefficient (Wildman–Crippen LogP) is 6.44. The summed E-state index contributed by atoms with van der Waals surface area (Å²) in [4.78, 5) is 2.22. The minimum atomic E-state index is 0.762. The van der Waals surface area contributed by atoms with E-state index in [1.165, 1.54) is 31.2 Å². The lowest BCUT2D eigenvalue weighted by atomic mass is 10.1. The smallest absolute Gasteiger partial charge is 0.0463 e. The zero-order valence-electron chi connectivity index (χ0n) is 16.1. The largest absolute Gasteiger partial charge is 0.399 e. The molecule has 0 fully saturated rings. The molecule has 3 rings (SSSR count). The molecule has 0 amide bonds. The number of anilines is 5. The summed E-state index contributed by atoms with van der Waals surface area (Å²) in [6.07, 6.45) is 6.30. The maximum absolute atomic E-state index is 5.88. The number of rotatable bonds is 8. The molecule has 0 aliphatic rings. The topological polar surface area (TPSA) is 55.3 Å². The molecule has 0 aliphatic heterocycles. The van der Waals surface area contributed by atoms with Gasteiger partial charge in [-0.05, 0) is 79.1 Å². The van der Waals surface area contributed by atoms with E-state index in [1.807, 2.05) is 48.5 Å². The van der Waals surface area contributed by atoms with Gasteiger partial charge in [0.2, 0.25) is 0 Å².